The molecule has 1 aromatic rings. The molecule has 146 valence electrons. The zero-order valence-corrected chi connectivity index (χ0v) is 15.9. The van der Waals surface area contributed by atoms with E-state index in [-0.39, 0.29) is 18.0 Å². The first kappa shape index (κ1) is 19.4. The van der Waals surface area contributed by atoms with Gasteiger partial charge in [-0.1, -0.05) is 12.1 Å². The lowest BCUT2D eigenvalue weighted by Crippen LogP contribution is -2.54. The molecular weight excluding hydrogens is 347 g/mol. The topological polar surface area (TPSA) is 55.9 Å². The van der Waals surface area contributed by atoms with E-state index in [1.807, 2.05) is 6.92 Å². The number of rotatable bonds is 3. The summed E-state index contributed by atoms with van der Waals surface area (Å²) in [4.78, 5) is 30.6. The van der Waals surface area contributed by atoms with Gasteiger partial charge in [-0.2, -0.15) is 0 Å². The minimum absolute atomic E-state index is 0.0122. The number of carbonyl (C=O) groups excluding carboxylic acids is 2. The highest BCUT2D eigenvalue weighted by Gasteiger charge is 2.26. The van der Waals surface area contributed by atoms with E-state index >= 15 is 0 Å². The fraction of sp³-hybridized carbons (Fsp3) is 0.500. The van der Waals surface area contributed by atoms with Crippen LogP contribution in [0.3, 0.4) is 0 Å². The molecule has 1 saturated heterocycles. The van der Waals surface area contributed by atoms with Crippen LogP contribution in [0.4, 0.5) is 9.18 Å². The fourth-order valence-electron chi connectivity index (χ4n) is 3.47. The van der Waals surface area contributed by atoms with Gasteiger partial charge in [-0.3, -0.25) is 4.79 Å². The smallest absolute Gasteiger partial charge is 0.317 e. The molecule has 1 unspecified atom stereocenters. The summed E-state index contributed by atoms with van der Waals surface area (Å²) >= 11 is 0. The van der Waals surface area contributed by atoms with Crippen LogP contribution in [-0.2, 0) is 0 Å². The second-order valence-electron chi connectivity index (χ2n) is 7.25. The van der Waals surface area contributed by atoms with Crippen LogP contribution < -0.4 is 5.32 Å². The highest BCUT2D eigenvalue weighted by molar-refractivity contribution is 5.94. The van der Waals surface area contributed by atoms with Crippen LogP contribution in [-0.4, -0.2) is 79.0 Å². The fourth-order valence-corrected chi connectivity index (χ4v) is 3.47. The number of urea groups is 1. The lowest BCUT2D eigenvalue weighted by molar-refractivity contribution is 0.0663. The summed E-state index contributed by atoms with van der Waals surface area (Å²) in [6.07, 6.45) is 3.15. The van der Waals surface area contributed by atoms with E-state index in [4.69, 9.17) is 0 Å². The van der Waals surface area contributed by atoms with Gasteiger partial charge in [-0.25, -0.2) is 9.18 Å². The molecule has 0 saturated carbocycles. The number of hydrogen-bond donors (Lipinski definition) is 1. The minimum atomic E-state index is -0.420. The average Bonchev–Trinajstić information content (AvgIpc) is 2.68. The van der Waals surface area contributed by atoms with Gasteiger partial charge in [0.25, 0.3) is 5.91 Å². The van der Waals surface area contributed by atoms with Crippen molar-refractivity contribution in [1.82, 2.24) is 20.0 Å². The summed E-state index contributed by atoms with van der Waals surface area (Å²) in [5.74, 6) is -0.615. The molecule has 0 aromatic heterocycles. The van der Waals surface area contributed by atoms with Crippen LogP contribution in [0.1, 0.15) is 23.7 Å². The van der Waals surface area contributed by atoms with Gasteiger partial charge in [0.1, 0.15) is 5.82 Å². The minimum Gasteiger partial charge on any atom is -0.335 e. The van der Waals surface area contributed by atoms with Gasteiger partial charge in [0.2, 0.25) is 0 Å². The number of benzene rings is 1. The Hall–Kier alpha value is -2.41. The Morgan fingerprint density at radius 1 is 1.11 bits per heavy atom. The van der Waals surface area contributed by atoms with Crippen LogP contribution in [0.15, 0.2) is 35.9 Å². The molecule has 2 heterocycles. The Balaban J connectivity index is 1.50. The number of halogens is 1. The van der Waals surface area contributed by atoms with Gasteiger partial charge in [0.05, 0.1) is 0 Å². The Bertz CT molecular complexity index is 728. The van der Waals surface area contributed by atoms with Crippen molar-refractivity contribution in [3.05, 3.63) is 47.3 Å². The van der Waals surface area contributed by atoms with Crippen LogP contribution in [0.5, 0.6) is 0 Å². The van der Waals surface area contributed by atoms with Crippen LogP contribution in [0.2, 0.25) is 0 Å². The Kier molecular flexibility index (Phi) is 6.11. The molecule has 0 spiro atoms. The lowest BCUT2D eigenvalue weighted by Gasteiger charge is -2.36. The number of nitrogens with zero attached hydrogens (tertiary/aromatic N) is 3. The Morgan fingerprint density at radius 3 is 2.44 bits per heavy atom. The second kappa shape index (κ2) is 8.52. The van der Waals surface area contributed by atoms with Crippen LogP contribution in [0.25, 0.3) is 0 Å². The molecule has 1 atom stereocenters. The van der Waals surface area contributed by atoms with E-state index < -0.39 is 5.82 Å². The summed E-state index contributed by atoms with van der Waals surface area (Å²) in [5.41, 5.74) is 1.61. The molecule has 1 fully saturated rings. The normalized spacial score (nSPS) is 19.4. The summed E-state index contributed by atoms with van der Waals surface area (Å²) in [7, 11) is 2.08. The number of piperazine rings is 1. The van der Waals surface area contributed by atoms with Crippen molar-refractivity contribution < 1.29 is 14.0 Å². The molecule has 3 amide bonds. The molecule has 3 rings (SSSR count). The predicted octanol–water partition coefficient (Wildman–Crippen LogP) is 1.94. The SMILES string of the molecule is CC(NC(=O)N1CCN(C(=O)c2cccc(F)c2)CC1)C1=CCN(C)CC1. The van der Waals surface area contributed by atoms with E-state index in [1.165, 1.54) is 23.8 Å². The first-order valence-corrected chi connectivity index (χ1v) is 9.42. The largest absolute Gasteiger partial charge is 0.335 e. The van der Waals surface area contributed by atoms with Crippen molar-refractivity contribution in [2.75, 3.05) is 46.3 Å². The molecular formula is C20H27FN4O2. The van der Waals surface area contributed by atoms with Gasteiger partial charge in [-0.15, -0.1) is 0 Å². The average molecular weight is 374 g/mol. The van der Waals surface area contributed by atoms with E-state index in [0.717, 1.165) is 19.5 Å². The highest BCUT2D eigenvalue weighted by Crippen LogP contribution is 2.14. The standard InChI is InChI=1S/C20H27FN4O2/c1-15(16-6-8-23(2)9-7-16)22-20(27)25-12-10-24(11-13-25)19(26)17-4-3-5-18(21)14-17/h3-6,14-15H,7-13H2,1-2H3,(H,22,27). The number of nitrogens with one attached hydrogen (secondary N) is 1. The first-order chi connectivity index (χ1) is 12.9. The zero-order chi connectivity index (χ0) is 19.4. The van der Waals surface area contributed by atoms with Crippen LogP contribution in [0, 0.1) is 5.82 Å². The molecule has 6 nitrogen and oxygen atoms in total. The monoisotopic (exact) mass is 374 g/mol. The molecule has 2 aliphatic rings. The number of hydrogen-bond acceptors (Lipinski definition) is 3. The zero-order valence-electron chi connectivity index (χ0n) is 15.9. The van der Waals surface area contributed by atoms with Crippen molar-refractivity contribution in [3.8, 4) is 0 Å². The van der Waals surface area contributed by atoms with Crippen molar-refractivity contribution >= 4 is 11.9 Å². The van der Waals surface area contributed by atoms with Crippen molar-refractivity contribution in [3.63, 3.8) is 0 Å². The number of likely N-dealkylation sites (N-methyl/N-ethyl adjacent to an activating group) is 1. The maximum atomic E-state index is 13.3. The summed E-state index contributed by atoms with van der Waals surface area (Å²) in [5, 5.41) is 3.06. The summed E-state index contributed by atoms with van der Waals surface area (Å²) in [6, 6.07) is 5.63. The summed E-state index contributed by atoms with van der Waals surface area (Å²) in [6.45, 7) is 5.78. The maximum absolute atomic E-state index is 13.3. The summed E-state index contributed by atoms with van der Waals surface area (Å²) < 4.78 is 13.3. The van der Waals surface area contributed by atoms with E-state index in [1.54, 1.807) is 15.9 Å². The van der Waals surface area contributed by atoms with Crippen molar-refractivity contribution in [2.24, 2.45) is 0 Å². The van der Waals surface area contributed by atoms with E-state index in [9.17, 15) is 14.0 Å². The Morgan fingerprint density at radius 2 is 1.81 bits per heavy atom. The molecule has 0 aliphatic carbocycles. The molecule has 0 radical (unpaired) electrons. The third kappa shape index (κ3) is 4.86. The second-order valence-corrected chi connectivity index (χ2v) is 7.25. The molecule has 1 aromatic carbocycles. The maximum Gasteiger partial charge on any atom is 0.317 e. The predicted molar refractivity (Wildman–Crippen MR) is 102 cm³/mol. The van der Waals surface area contributed by atoms with Gasteiger partial charge in [-0.05, 0) is 44.2 Å². The quantitative estimate of drug-likeness (QED) is 0.823. The van der Waals surface area contributed by atoms with Crippen molar-refractivity contribution in [2.45, 2.75) is 19.4 Å². The van der Waals surface area contributed by atoms with E-state index in [0.29, 0.717) is 31.7 Å². The van der Waals surface area contributed by atoms with Gasteiger partial charge in [0, 0.05) is 50.9 Å². The van der Waals surface area contributed by atoms with Gasteiger partial charge < -0.3 is 20.0 Å². The molecule has 1 N–H and O–H groups in total. The third-order valence-electron chi connectivity index (χ3n) is 5.27. The van der Waals surface area contributed by atoms with Crippen molar-refractivity contribution in [1.29, 1.82) is 0 Å². The molecule has 2 aliphatic heterocycles. The van der Waals surface area contributed by atoms with Gasteiger partial charge in [0.15, 0.2) is 0 Å². The lowest BCUT2D eigenvalue weighted by atomic mass is 10.0. The number of amides is 3. The third-order valence-corrected chi connectivity index (χ3v) is 5.27. The van der Waals surface area contributed by atoms with Gasteiger partial charge >= 0.3 is 6.03 Å². The molecule has 27 heavy (non-hydrogen) atoms. The van der Waals surface area contributed by atoms with E-state index in [2.05, 4.69) is 23.3 Å². The molecule has 7 heteroatoms. The Labute approximate surface area is 159 Å². The van der Waals surface area contributed by atoms with Crippen LogP contribution >= 0.6 is 0 Å². The highest BCUT2D eigenvalue weighted by atomic mass is 19.1. The molecule has 0 bridgehead atoms. The number of carbonyl (C=O) groups is 2. The first-order valence-electron chi connectivity index (χ1n) is 9.42.